The summed E-state index contributed by atoms with van der Waals surface area (Å²) in [4.78, 5) is 18.2. The maximum Gasteiger partial charge on any atom is 0.416 e. The Hall–Kier alpha value is -2.61. The second-order valence-corrected chi connectivity index (χ2v) is 5.69. The summed E-state index contributed by atoms with van der Waals surface area (Å²) in [6, 6.07) is 7.59. The minimum atomic E-state index is -4.41. The summed E-state index contributed by atoms with van der Waals surface area (Å²) >= 11 is 0. The monoisotopic (exact) mass is 352 g/mol. The van der Waals surface area contributed by atoms with Crippen LogP contribution >= 0.6 is 0 Å². The summed E-state index contributed by atoms with van der Waals surface area (Å²) in [7, 11) is 3.91. The van der Waals surface area contributed by atoms with E-state index >= 15 is 0 Å². The number of alkyl halides is 3. The number of nitrogens with zero attached hydrogens (tertiary/aromatic N) is 2. The Morgan fingerprint density at radius 3 is 2.40 bits per heavy atom. The normalized spacial score (nSPS) is 11.4. The molecular weight excluding hydrogens is 333 g/mol. The van der Waals surface area contributed by atoms with E-state index in [4.69, 9.17) is 0 Å². The molecule has 0 aliphatic heterocycles. The van der Waals surface area contributed by atoms with Gasteiger partial charge in [-0.2, -0.15) is 13.2 Å². The number of rotatable bonds is 6. The van der Waals surface area contributed by atoms with E-state index in [0.29, 0.717) is 6.54 Å². The highest BCUT2D eigenvalue weighted by Gasteiger charge is 2.30. The van der Waals surface area contributed by atoms with Gasteiger partial charge >= 0.3 is 6.18 Å². The number of likely N-dealkylation sites (N-methyl/N-ethyl adjacent to an activating group) is 1. The Morgan fingerprint density at radius 2 is 1.80 bits per heavy atom. The van der Waals surface area contributed by atoms with Crippen LogP contribution < -0.4 is 10.6 Å². The SMILES string of the molecule is CN(C)CCNc1ccnc(C(=O)Nc2ccc(C(F)(F)F)cc2)c1. The van der Waals surface area contributed by atoms with E-state index in [9.17, 15) is 18.0 Å². The highest BCUT2D eigenvalue weighted by molar-refractivity contribution is 6.03. The molecule has 0 aliphatic carbocycles. The molecule has 25 heavy (non-hydrogen) atoms. The molecule has 1 aromatic heterocycles. The Morgan fingerprint density at radius 1 is 1.12 bits per heavy atom. The molecule has 5 nitrogen and oxygen atoms in total. The van der Waals surface area contributed by atoms with Gasteiger partial charge in [-0.3, -0.25) is 9.78 Å². The molecule has 134 valence electrons. The Labute approximate surface area is 143 Å². The lowest BCUT2D eigenvalue weighted by Crippen LogP contribution is -2.21. The quantitative estimate of drug-likeness (QED) is 0.837. The zero-order valence-corrected chi connectivity index (χ0v) is 13.9. The number of hydrogen-bond acceptors (Lipinski definition) is 4. The van der Waals surface area contributed by atoms with E-state index in [-0.39, 0.29) is 11.4 Å². The lowest BCUT2D eigenvalue weighted by molar-refractivity contribution is -0.137. The third-order valence-electron chi connectivity index (χ3n) is 3.35. The second-order valence-electron chi connectivity index (χ2n) is 5.69. The van der Waals surface area contributed by atoms with Crippen molar-refractivity contribution >= 4 is 17.3 Å². The maximum atomic E-state index is 12.5. The first-order valence-corrected chi connectivity index (χ1v) is 7.59. The number of pyridine rings is 1. The number of nitrogens with one attached hydrogen (secondary N) is 2. The number of aromatic nitrogens is 1. The minimum Gasteiger partial charge on any atom is -0.384 e. The zero-order chi connectivity index (χ0) is 18.4. The highest BCUT2D eigenvalue weighted by atomic mass is 19.4. The van der Waals surface area contributed by atoms with Crippen molar-refractivity contribution in [1.82, 2.24) is 9.88 Å². The molecule has 0 unspecified atom stereocenters. The van der Waals surface area contributed by atoms with E-state index < -0.39 is 17.6 Å². The molecule has 8 heteroatoms. The van der Waals surface area contributed by atoms with Crippen LogP contribution in [-0.2, 0) is 6.18 Å². The lowest BCUT2D eigenvalue weighted by Gasteiger charge is -2.12. The van der Waals surface area contributed by atoms with Gasteiger partial charge in [0.25, 0.3) is 5.91 Å². The largest absolute Gasteiger partial charge is 0.416 e. The summed E-state index contributed by atoms with van der Waals surface area (Å²) in [6.45, 7) is 1.53. The van der Waals surface area contributed by atoms with Gasteiger partial charge in [0.15, 0.2) is 0 Å². The summed E-state index contributed by atoms with van der Waals surface area (Å²) in [5.74, 6) is -0.490. The van der Waals surface area contributed by atoms with E-state index in [1.54, 1.807) is 12.1 Å². The van der Waals surface area contributed by atoms with Crippen molar-refractivity contribution in [2.24, 2.45) is 0 Å². The summed E-state index contributed by atoms with van der Waals surface area (Å²) in [6.07, 6.45) is -2.91. The molecule has 0 spiro atoms. The maximum absolute atomic E-state index is 12.5. The van der Waals surface area contributed by atoms with Crippen LogP contribution in [0.15, 0.2) is 42.6 Å². The third-order valence-corrected chi connectivity index (χ3v) is 3.35. The van der Waals surface area contributed by atoms with Gasteiger partial charge in [0, 0.05) is 30.7 Å². The number of carbonyl (C=O) groups is 1. The van der Waals surface area contributed by atoms with Crippen molar-refractivity contribution < 1.29 is 18.0 Å². The first kappa shape index (κ1) is 18.7. The van der Waals surface area contributed by atoms with Gasteiger partial charge < -0.3 is 15.5 Å². The smallest absolute Gasteiger partial charge is 0.384 e. The molecule has 2 aromatic rings. The van der Waals surface area contributed by atoms with Crippen molar-refractivity contribution in [1.29, 1.82) is 0 Å². The molecule has 0 atom stereocenters. The molecule has 0 saturated carbocycles. The number of halogens is 3. The fraction of sp³-hybridized carbons (Fsp3) is 0.294. The van der Waals surface area contributed by atoms with Crippen LogP contribution in [0.2, 0.25) is 0 Å². The molecule has 0 radical (unpaired) electrons. The molecule has 0 fully saturated rings. The number of carbonyl (C=O) groups excluding carboxylic acids is 1. The van der Waals surface area contributed by atoms with Crippen LogP contribution in [0.25, 0.3) is 0 Å². The van der Waals surface area contributed by atoms with Gasteiger partial charge in [0.1, 0.15) is 5.69 Å². The molecular formula is C17H19F3N4O. The van der Waals surface area contributed by atoms with Gasteiger partial charge in [-0.15, -0.1) is 0 Å². The average Bonchev–Trinajstić information content (AvgIpc) is 2.54. The van der Waals surface area contributed by atoms with Crippen molar-refractivity contribution in [2.75, 3.05) is 37.8 Å². The topological polar surface area (TPSA) is 57.3 Å². The number of benzene rings is 1. The molecule has 1 heterocycles. The Balaban J connectivity index is 2.00. The van der Waals surface area contributed by atoms with Gasteiger partial charge in [0.2, 0.25) is 0 Å². The summed E-state index contributed by atoms with van der Waals surface area (Å²) < 4.78 is 37.6. The fourth-order valence-electron chi connectivity index (χ4n) is 2.03. The Bertz CT molecular complexity index is 715. The summed E-state index contributed by atoms with van der Waals surface area (Å²) in [5.41, 5.74) is 0.422. The van der Waals surface area contributed by atoms with Crippen LogP contribution in [0.1, 0.15) is 16.1 Å². The molecule has 1 aromatic carbocycles. The van der Waals surface area contributed by atoms with Crippen LogP contribution in [0.4, 0.5) is 24.5 Å². The van der Waals surface area contributed by atoms with Gasteiger partial charge in [-0.25, -0.2) is 0 Å². The second kappa shape index (κ2) is 7.98. The molecule has 2 N–H and O–H groups in total. The standard InChI is InChI=1S/C17H19F3N4O/c1-24(2)10-9-21-14-7-8-22-15(11-14)16(25)23-13-5-3-12(4-6-13)17(18,19)20/h3-8,11H,9-10H2,1-2H3,(H,21,22)(H,23,25). The van der Waals surface area contributed by atoms with Crippen molar-refractivity contribution in [3.05, 3.63) is 53.9 Å². The van der Waals surface area contributed by atoms with Crippen molar-refractivity contribution in [3.63, 3.8) is 0 Å². The fourth-order valence-corrected chi connectivity index (χ4v) is 2.03. The zero-order valence-electron chi connectivity index (χ0n) is 13.9. The molecule has 0 saturated heterocycles. The molecule has 0 bridgehead atoms. The average molecular weight is 352 g/mol. The molecule has 0 aliphatic rings. The predicted molar refractivity (Wildman–Crippen MR) is 90.7 cm³/mol. The van der Waals surface area contributed by atoms with Gasteiger partial charge in [-0.1, -0.05) is 0 Å². The van der Waals surface area contributed by atoms with Gasteiger partial charge in [0.05, 0.1) is 5.56 Å². The van der Waals surface area contributed by atoms with Gasteiger partial charge in [-0.05, 0) is 50.5 Å². The Kier molecular flexibility index (Phi) is 5.97. The molecule has 1 amide bonds. The minimum absolute atomic E-state index is 0.176. The van der Waals surface area contributed by atoms with E-state index in [1.807, 2.05) is 19.0 Å². The first-order chi connectivity index (χ1) is 11.8. The number of anilines is 2. The third kappa shape index (κ3) is 5.75. The number of amides is 1. The van der Waals surface area contributed by atoms with Crippen molar-refractivity contribution in [3.8, 4) is 0 Å². The van der Waals surface area contributed by atoms with E-state index in [2.05, 4.69) is 15.6 Å². The van der Waals surface area contributed by atoms with Crippen LogP contribution in [0, 0.1) is 0 Å². The van der Waals surface area contributed by atoms with Crippen LogP contribution in [-0.4, -0.2) is 43.0 Å². The molecule has 2 rings (SSSR count). The number of hydrogen-bond donors (Lipinski definition) is 2. The van der Waals surface area contributed by atoms with Crippen LogP contribution in [0.5, 0.6) is 0 Å². The summed E-state index contributed by atoms with van der Waals surface area (Å²) in [5, 5.41) is 5.71. The van der Waals surface area contributed by atoms with E-state index in [1.165, 1.54) is 18.3 Å². The van der Waals surface area contributed by atoms with Crippen molar-refractivity contribution in [2.45, 2.75) is 6.18 Å². The predicted octanol–water partition coefficient (Wildman–Crippen LogP) is 3.33. The van der Waals surface area contributed by atoms with E-state index in [0.717, 1.165) is 24.4 Å². The highest BCUT2D eigenvalue weighted by Crippen LogP contribution is 2.29. The lowest BCUT2D eigenvalue weighted by atomic mass is 10.2. The van der Waals surface area contributed by atoms with Crippen LogP contribution in [0.3, 0.4) is 0 Å². The first-order valence-electron chi connectivity index (χ1n) is 7.59.